The molecule has 0 atom stereocenters. The van der Waals surface area contributed by atoms with Gasteiger partial charge in [0.2, 0.25) is 0 Å². The Morgan fingerprint density at radius 1 is 1.31 bits per heavy atom. The number of ether oxygens (including phenoxy) is 1. The van der Waals surface area contributed by atoms with Crippen LogP contribution in [0, 0.1) is 0 Å². The highest BCUT2D eigenvalue weighted by molar-refractivity contribution is 5.62. The fraction of sp³-hybridized carbons (Fsp3) is 0.417. The molecule has 1 aromatic rings. The van der Waals surface area contributed by atoms with Crippen LogP contribution in [-0.2, 0) is 11.3 Å². The summed E-state index contributed by atoms with van der Waals surface area (Å²) >= 11 is 0. The van der Waals surface area contributed by atoms with Crippen molar-refractivity contribution in [2.45, 2.75) is 32.9 Å². The van der Waals surface area contributed by atoms with Gasteiger partial charge in [0, 0.05) is 11.3 Å². The van der Waals surface area contributed by atoms with E-state index in [0.29, 0.717) is 12.2 Å². The Balaban J connectivity index is 2.56. The van der Waals surface area contributed by atoms with Crippen LogP contribution in [0.2, 0.25) is 0 Å². The SMILES string of the molecule is CC(C)(C)OC([O-])=NCc1ccc(N)cc1. The van der Waals surface area contributed by atoms with Gasteiger partial charge in [-0.05, 0) is 17.7 Å². The molecule has 4 heteroatoms. The molecule has 0 amide bonds. The summed E-state index contributed by atoms with van der Waals surface area (Å²) in [5, 5.41) is 11.3. The van der Waals surface area contributed by atoms with Crippen molar-refractivity contribution < 1.29 is 9.84 Å². The van der Waals surface area contributed by atoms with Crippen molar-refractivity contribution >= 4 is 11.8 Å². The molecule has 0 unspecified atom stereocenters. The summed E-state index contributed by atoms with van der Waals surface area (Å²) in [5.41, 5.74) is 6.67. The molecule has 0 saturated heterocycles. The third-order valence-electron chi connectivity index (χ3n) is 1.76. The summed E-state index contributed by atoms with van der Waals surface area (Å²) in [5.74, 6) is 0. The number of anilines is 1. The van der Waals surface area contributed by atoms with Crippen LogP contribution in [0.1, 0.15) is 26.3 Å². The van der Waals surface area contributed by atoms with Crippen LogP contribution >= 0.6 is 0 Å². The average Bonchev–Trinajstić information content (AvgIpc) is 2.14. The molecule has 0 spiro atoms. The molecule has 0 saturated carbocycles. The van der Waals surface area contributed by atoms with Gasteiger partial charge in [-0.15, -0.1) is 0 Å². The number of rotatable bonds is 2. The second-order valence-electron chi connectivity index (χ2n) is 4.54. The van der Waals surface area contributed by atoms with E-state index in [0.717, 1.165) is 5.56 Å². The van der Waals surface area contributed by atoms with Crippen LogP contribution < -0.4 is 10.8 Å². The molecule has 0 aromatic heterocycles. The maximum atomic E-state index is 11.3. The zero-order chi connectivity index (χ0) is 12.2. The highest BCUT2D eigenvalue weighted by Crippen LogP contribution is 2.08. The molecule has 2 N–H and O–H groups in total. The Labute approximate surface area is 95.8 Å². The van der Waals surface area contributed by atoms with Crippen LogP contribution in [0.4, 0.5) is 5.69 Å². The van der Waals surface area contributed by atoms with Crippen LogP contribution in [0.25, 0.3) is 0 Å². The second kappa shape index (κ2) is 4.88. The number of nitrogens with zero attached hydrogens (tertiary/aromatic N) is 1. The van der Waals surface area contributed by atoms with Gasteiger partial charge in [0.15, 0.2) is 0 Å². The Kier molecular flexibility index (Phi) is 3.77. The molecule has 1 aromatic carbocycles. The van der Waals surface area contributed by atoms with Crippen LogP contribution in [0.3, 0.4) is 0 Å². The minimum absolute atomic E-state index is 0.315. The lowest BCUT2D eigenvalue weighted by Crippen LogP contribution is -2.31. The Hall–Kier alpha value is -1.71. The summed E-state index contributed by atoms with van der Waals surface area (Å²) in [6.45, 7) is 5.74. The first-order valence-electron chi connectivity index (χ1n) is 5.12. The lowest BCUT2D eigenvalue weighted by atomic mass is 10.2. The van der Waals surface area contributed by atoms with Crippen molar-refractivity contribution in [1.82, 2.24) is 0 Å². The summed E-state index contributed by atoms with van der Waals surface area (Å²) in [4.78, 5) is 3.81. The average molecular weight is 221 g/mol. The number of nitrogen functional groups attached to an aromatic ring is 1. The summed E-state index contributed by atoms with van der Waals surface area (Å²) in [6.07, 6.45) is -0.538. The Morgan fingerprint density at radius 2 is 1.88 bits per heavy atom. The number of hydrogen-bond donors (Lipinski definition) is 1. The fourth-order valence-corrected chi connectivity index (χ4v) is 1.07. The molecule has 0 aliphatic heterocycles. The monoisotopic (exact) mass is 221 g/mol. The van der Waals surface area contributed by atoms with Crippen LogP contribution in [-0.4, -0.2) is 11.7 Å². The van der Waals surface area contributed by atoms with E-state index >= 15 is 0 Å². The van der Waals surface area contributed by atoms with Gasteiger partial charge < -0.3 is 15.6 Å². The van der Waals surface area contributed by atoms with Crippen molar-refractivity contribution in [2.75, 3.05) is 5.73 Å². The highest BCUT2D eigenvalue weighted by atomic mass is 16.6. The molecule has 0 aliphatic rings. The molecule has 0 radical (unpaired) electrons. The first kappa shape index (κ1) is 12.4. The number of benzene rings is 1. The van der Waals surface area contributed by atoms with Gasteiger partial charge in [-0.2, -0.15) is 0 Å². The van der Waals surface area contributed by atoms with Crippen molar-refractivity contribution in [2.24, 2.45) is 4.99 Å². The first-order chi connectivity index (χ1) is 7.37. The van der Waals surface area contributed by atoms with Gasteiger partial charge in [0.25, 0.3) is 0 Å². The lowest BCUT2D eigenvalue weighted by molar-refractivity contribution is -0.260. The van der Waals surface area contributed by atoms with Gasteiger partial charge in [-0.25, -0.2) is 0 Å². The van der Waals surface area contributed by atoms with Crippen molar-refractivity contribution in [1.29, 1.82) is 0 Å². The van der Waals surface area contributed by atoms with E-state index < -0.39 is 11.7 Å². The number of hydrogen-bond acceptors (Lipinski definition) is 4. The normalized spacial score (nSPS) is 12.6. The van der Waals surface area contributed by atoms with E-state index in [2.05, 4.69) is 4.99 Å². The molecular formula is C12H17N2O2-. The second-order valence-corrected chi connectivity index (χ2v) is 4.54. The molecule has 16 heavy (non-hydrogen) atoms. The fourth-order valence-electron chi connectivity index (χ4n) is 1.07. The predicted molar refractivity (Wildman–Crippen MR) is 62.8 cm³/mol. The quantitative estimate of drug-likeness (QED) is 0.465. The minimum Gasteiger partial charge on any atom is -0.595 e. The van der Waals surface area contributed by atoms with E-state index in [4.69, 9.17) is 10.5 Å². The minimum atomic E-state index is -0.538. The smallest absolute Gasteiger partial charge is 0.146 e. The van der Waals surface area contributed by atoms with Gasteiger partial charge in [0.1, 0.15) is 6.08 Å². The molecule has 0 fully saturated rings. The van der Waals surface area contributed by atoms with E-state index in [9.17, 15) is 5.11 Å². The largest absolute Gasteiger partial charge is 0.595 e. The zero-order valence-electron chi connectivity index (χ0n) is 9.86. The van der Waals surface area contributed by atoms with Crippen molar-refractivity contribution in [3.05, 3.63) is 29.8 Å². The van der Waals surface area contributed by atoms with Crippen LogP contribution in [0.15, 0.2) is 29.3 Å². The van der Waals surface area contributed by atoms with E-state index in [-0.39, 0.29) is 0 Å². The first-order valence-corrected chi connectivity index (χ1v) is 5.12. The highest BCUT2D eigenvalue weighted by Gasteiger charge is 2.03. The molecule has 1 rings (SSSR count). The Morgan fingerprint density at radius 3 is 2.38 bits per heavy atom. The zero-order valence-corrected chi connectivity index (χ0v) is 9.86. The van der Waals surface area contributed by atoms with E-state index in [1.54, 1.807) is 12.1 Å². The summed E-state index contributed by atoms with van der Waals surface area (Å²) in [6, 6.07) is 7.23. The summed E-state index contributed by atoms with van der Waals surface area (Å²) < 4.78 is 5.05. The summed E-state index contributed by atoms with van der Waals surface area (Å²) in [7, 11) is 0. The molecule has 0 aliphatic carbocycles. The van der Waals surface area contributed by atoms with Gasteiger partial charge in [-0.3, -0.25) is 4.99 Å². The molecular weight excluding hydrogens is 204 g/mol. The molecule has 0 bridgehead atoms. The lowest BCUT2D eigenvalue weighted by Gasteiger charge is -2.29. The predicted octanol–water partition coefficient (Wildman–Crippen LogP) is 1.30. The van der Waals surface area contributed by atoms with E-state index in [1.165, 1.54) is 0 Å². The number of nitrogens with two attached hydrogens (primary N) is 1. The molecule has 88 valence electrons. The van der Waals surface area contributed by atoms with Gasteiger partial charge in [0.05, 0.1) is 6.54 Å². The topological polar surface area (TPSA) is 70.7 Å². The van der Waals surface area contributed by atoms with Gasteiger partial charge >= 0.3 is 0 Å². The van der Waals surface area contributed by atoms with E-state index in [1.807, 2.05) is 32.9 Å². The third kappa shape index (κ3) is 4.68. The van der Waals surface area contributed by atoms with Crippen molar-refractivity contribution in [3.8, 4) is 0 Å². The standard InChI is InChI=1S/C12H18N2O2/c1-12(2,3)16-11(15)14-8-9-4-6-10(13)7-5-9/h4-7H,8,13H2,1-3H3,(H,14,15)/p-1. The molecule has 4 nitrogen and oxygen atoms in total. The number of aliphatic imine (C=N–C) groups is 1. The maximum Gasteiger partial charge on any atom is 0.146 e. The maximum absolute atomic E-state index is 11.3. The van der Waals surface area contributed by atoms with Gasteiger partial charge in [-0.1, -0.05) is 32.9 Å². The molecule has 0 heterocycles. The van der Waals surface area contributed by atoms with Crippen molar-refractivity contribution in [3.63, 3.8) is 0 Å². The van der Waals surface area contributed by atoms with Crippen LogP contribution in [0.5, 0.6) is 0 Å². The Bertz CT molecular complexity index is 364. The third-order valence-corrected chi connectivity index (χ3v) is 1.76.